The van der Waals surface area contributed by atoms with Crippen LogP contribution in [-0.4, -0.2) is 54.3 Å². The number of anilines is 1. The van der Waals surface area contributed by atoms with Gasteiger partial charge < -0.3 is 14.8 Å². The molecule has 0 bridgehead atoms. The summed E-state index contributed by atoms with van der Waals surface area (Å²) in [6.07, 6.45) is 2.47. The van der Waals surface area contributed by atoms with Crippen LogP contribution in [0.5, 0.6) is 0 Å². The molecule has 2 heterocycles. The topological polar surface area (TPSA) is 119 Å². The lowest BCUT2D eigenvalue weighted by Gasteiger charge is -2.20. The molecule has 9 nitrogen and oxygen atoms in total. The van der Waals surface area contributed by atoms with Gasteiger partial charge in [0.15, 0.2) is 6.61 Å². The first kappa shape index (κ1) is 23.6. The van der Waals surface area contributed by atoms with Gasteiger partial charge in [0.25, 0.3) is 17.7 Å². The van der Waals surface area contributed by atoms with Crippen molar-refractivity contribution in [3.8, 4) is 0 Å². The molecule has 0 fully saturated rings. The molecule has 0 saturated heterocycles. The summed E-state index contributed by atoms with van der Waals surface area (Å²) in [5.74, 6) is -2.76. The minimum absolute atomic E-state index is 0.219. The number of nitrogens with zero attached hydrogens (tertiary/aromatic N) is 1. The van der Waals surface area contributed by atoms with Crippen LogP contribution in [0.1, 0.15) is 61.8 Å². The Balaban J connectivity index is 1.41. The summed E-state index contributed by atoms with van der Waals surface area (Å²) in [4.78, 5) is 64.4. The van der Waals surface area contributed by atoms with Crippen LogP contribution < -0.4 is 5.32 Å². The summed E-state index contributed by atoms with van der Waals surface area (Å²) >= 11 is 1.32. The van der Waals surface area contributed by atoms with Gasteiger partial charge in [0.05, 0.1) is 23.8 Å². The highest BCUT2D eigenvalue weighted by Gasteiger charge is 2.41. The number of rotatable bonds is 6. The number of carbonyl (C=O) groups is 5. The molecule has 1 aromatic carbocycles. The number of hydrogen-bond acceptors (Lipinski definition) is 8. The van der Waals surface area contributed by atoms with Crippen LogP contribution in [0.3, 0.4) is 0 Å². The first-order valence-electron chi connectivity index (χ1n) is 10.9. The lowest BCUT2D eigenvalue weighted by Crippen LogP contribution is -2.44. The highest BCUT2D eigenvalue weighted by atomic mass is 32.1. The number of nitrogens with one attached hydrogen (secondary N) is 1. The highest BCUT2D eigenvalue weighted by molar-refractivity contribution is 7.17. The molecule has 4 rings (SSSR count). The monoisotopic (exact) mass is 484 g/mol. The lowest BCUT2D eigenvalue weighted by atomic mass is 9.88. The van der Waals surface area contributed by atoms with Crippen molar-refractivity contribution in [1.29, 1.82) is 0 Å². The van der Waals surface area contributed by atoms with E-state index in [-0.39, 0.29) is 11.1 Å². The molecule has 0 spiro atoms. The van der Waals surface area contributed by atoms with E-state index in [4.69, 9.17) is 9.47 Å². The Labute approximate surface area is 200 Å². The van der Waals surface area contributed by atoms with E-state index in [0.29, 0.717) is 16.5 Å². The number of imide groups is 1. The van der Waals surface area contributed by atoms with Gasteiger partial charge in [0.2, 0.25) is 0 Å². The maximum Gasteiger partial charge on any atom is 0.341 e. The highest BCUT2D eigenvalue weighted by Crippen LogP contribution is 2.40. The van der Waals surface area contributed by atoms with Gasteiger partial charge in [-0.15, -0.1) is 11.3 Å². The zero-order chi connectivity index (χ0) is 24.6. The third kappa shape index (κ3) is 4.21. The van der Waals surface area contributed by atoms with Gasteiger partial charge >= 0.3 is 11.9 Å². The molecule has 0 radical (unpaired) electrons. The number of amides is 3. The molecular weight excluding hydrogens is 460 g/mol. The SMILES string of the molecule is COC(=O)c1c(NC(=O)COC(=O)[C@@H](C)N2C(=O)c3ccccc3C2=O)sc2c1CC[C@H](C)C2. The van der Waals surface area contributed by atoms with Crippen molar-refractivity contribution in [3.63, 3.8) is 0 Å². The first-order valence-corrected chi connectivity index (χ1v) is 11.7. The molecule has 10 heteroatoms. The summed E-state index contributed by atoms with van der Waals surface area (Å²) in [5, 5.41) is 3.01. The number of fused-ring (bicyclic) bond motifs is 2. The summed E-state index contributed by atoms with van der Waals surface area (Å²) in [7, 11) is 1.28. The maximum absolute atomic E-state index is 12.6. The number of carbonyl (C=O) groups excluding carboxylic acids is 5. The molecule has 1 aliphatic heterocycles. The van der Waals surface area contributed by atoms with Gasteiger partial charge in [-0.05, 0) is 49.8 Å². The fourth-order valence-electron chi connectivity index (χ4n) is 4.24. The van der Waals surface area contributed by atoms with Crippen LogP contribution >= 0.6 is 11.3 Å². The minimum Gasteiger partial charge on any atom is -0.465 e. The van der Waals surface area contributed by atoms with Crippen molar-refractivity contribution in [2.75, 3.05) is 19.0 Å². The zero-order valence-corrected chi connectivity index (χ0v) is 19.8. The van der Waals surface area contributed by atoms with Crippen molar-refractivity contribution in [1.82, 2.24) is 4.90 Å². The number of hydrogen-bond donors (Lipinski definition) is 1. The van der Waals surface area contributed by atoms with Crippen molar-refractivity contribution < 1.29 is 33.4 Å². The second-order valence-electron chi connectivity index (χ2n) is 8.41. The quantitative estimate of drug-likeness (QED) is 0.495. The van der Waals surface area contributed by atoms with Gasteiger partial charge in [-0.2, -0.15) is 0 Å². The molecule has 1 aromatic heterocycles. The molecule has 2 atom stereocenters. The Bertz CT molecular complexity index is 1170. The van der Waals surface area contributed by atoms with E-state index < -0.39 is 42.3 Å². The number of methoxy groups -OCH3 is 1. The second-order valence-corrected chi connectivity index (χ2v) is 9.51. The van der Waals surface area contributed by atoms with Crippen molar-refractivity contribution >= 4 is 46.0 Å². The van der Waals surface area contributed by atoms with Crippen molar-refractivity contribution in [2.24, 2.45) is 5.92 Å². The van der Waals surface area contributed by atoms with Gasteiger partial charge in [-0.3, -0.25) is 19.3 Å². The number of benzene rings is 1. The van der Waals surface area contributed by atoms with E-state index in [2.05, 4.69) is 12.2 Å². The Kier molecular flexibility index (Phi) is 6.52. The average molecular weight is 485 g/mol. The molecule has 2 aromatic rings. The summed E-state index contributed by atoms with van der Waals surface area (Å²) in [5.41, 5.74) is 1.67. The molecule has 2 aliphatic rings. The van der Waals surface area contributed by atoms with Crippen LogP contribution in [0.2, 0.25) is 0 Å². The summed E-state index contributed by atoms with van der Waals surface area (Å²) in [6, 6.07) is 5.09. The molecule has 3 amide bonds. The number of esters is 2. The summed E-state index contributed by atoms with van der Waals surface area (Å²) < 4.78 is 9.99. The third-order valence-electron chi connectivity index (χ3n) is 6.05. The summed E-state index contributed by atoms with van der Waals surface area (Å²) in [6.45, 7) is 2.87. The van der Waals surface area contributed by atoms with Crippen molar-refractivity contribution in [2.45, 2.75) is 39.2 Å². The predicted molar refractivity (Wildman–Crippen MR) is 123 cm³/mol. The van der Waals surface area contributed by atoms with Crippen molar-refractivity contribution in [3.05, 3.63) is 51.4 Å². The Morgan fingerprint density at radius 3 is 2.44 bits per heavy atom. The van der Waals surface area contributed by atoms with Crippen LogP contribution in [0.15, 0.2) is 24.3 Å². The fourth-order valence-corrected chi connectivity index (χ4v) is 5.66. The van der Waals surface area contributed by atoms with Gasteiger partial charge in [-0.25, -0.2) is 9.59 Å². The standard InChI is InChI=1S/C24H24N2O7S/c1-12-8-9-16-17(10-12)34-20(19(16)24(31)32-3)25-18(27)11-33-23(30)13(2)26-21(28)14-6-4-5-7-15(14)22(26)29/h4-7,12-13H,8-11H2,1-3H3,(H,25,27)/t12-,13+/m0/s1. The van der Waals surface area contributed by atoms with E-state index in [9.17, 15) is 24.0 Å². The van der Waals surface area contributed by atoms with E-state index in [0.717, 1.165) is 34.6 Å². The van der Waals surface area contributed by atoms with E-state index in [1.54, 1.807) is 12.1 Å². The molecule has 178 valence electrons. The predicted octanol–water partition coefficient (Wildman–Crippen LogP) is 2.83. The molecule has 0 unspecified atom stereocenters. The second kappa shape index (κ2) is 9.38. The molecule has 0 saturated carbocycles. The Morgan fingerprint density at radius 1 is 1.18 bits per heavy atom. The van der Waals surface area contributed by atoms with Gasteiger partial charge in [0, 0.05) is 4.88 Å². The Morgan fingerprint density at radius 2 is 1.82 bits per heavy atom. The van der Waals surface area contributed by atoms with Crippen LogP contribution in [0.25, 0.3) is 0 Å². The van der Waals surface area contributed by atoms with Crippen LogP contribution in [-0.2, 0) is 31.9 Å². The van der Waals surface area contributed by atoms with E-state index >= 15 is 0 Å². The van der Waals surface area contributed by atoms with Crippen LogP contribution in [0, 0.1) is 5.92 Å². The molecular formula is C24H24N2O7S. The molecule has 1 N–H and O–H groups in total. The first-order chi connectivity index (χ1) is 16.2. The third-order valence-corrected chi connectivity index (χ3v) is 7.22. The van der Waals surface area contributed by atoms with E-state index in [1.165, 1.54) is 37.5 Å². The van der Waals surface area contributed by atoms with Gasteiger partial charge in [0.1, 0.15) is 11.0 Å². The van der Waals surface area contributed by atoms with E-state index in [1.807, 2.05) is 0 Å². The normalized spacial score (nSPS) is 17.6. The number of ether oxygens (including phenoxy) is 2. The van der Waals surface area contributed by atoms with Gasteiger partial charge in [-0.1, -0.05) is 19.1 Å². The Hall–Kier alpha value is -3.53. The fraction of sp³-hybridized carbons (Fsp3) is 0.375. The molecule has 1 aliphatic carbocycles. The molecule has 34 heavy (non-hydrogen) atoms. The smallest absolute Gasteiger partial charge is 0.341 e. The zero-order valence-electron chi connectivity index (χ0n) is 19.0. The average Bonchev–Trinajstić information content (AvgIpc) is 3.30. The largest absolute Gasteiger partial charge is 0.465 e. The maximum atomic E-state index is 12.6. The lowest BCUT2D eigenvalue weighted by molar-refractivity contribution is -0.150. The number of thiophene rings is 1. The van der Waals surface area contributed by atoms with Crippen LogP contribution in [0.4, 0.5) is 5.00 Å². The minimum atomic E-state index is -1.21.